The molecule has 0 spiro atoms. The molecule has 2 atom stereocenters. The van der Waals surface area contributed by atoms with Gasteiger partial charge in [0.2, 0.25) is 0 Å². The molecular weight excluding hydrogens is 284 g/mol. The molecule has 1 aliphatic rings. The molecule has 0 saturated carbocycles. The number of hydrogen-bond acceptors (Lipinski definition) is 5. The van der Waals surface area contributed by atoms with E-state index in [2.05, 4.69) is 6.58 Å². The first-order chi connectivity index (χ1) is 10.4. The number of benzene rings is 1. The minimum absolute atomic E-state index is 0.199. The van der Waals surface area contributed by atoms with Crippen LogP contribution in [0, 0.1) is 0 Å². The van der Waals surface area contributed by atoms with Gasteiger partial charge in [0.1, 0.15) is 17.5 Å². The number of aliphatic hydroxyl groups is 1. The van der Waals surface area contributed by atoms with E-state index in [9.17, 15) is 5.11 Å². The smallest absolute Gasteiger partial charge is 0.164 e. The second-order valence-corrected chi connectivity index (χ2v) is 5.83. The van der Waals surface area contributed by atoms with Crippen LogP contribution in [0.2, 0.25) is 0 Å². The van der Waals surface area contributed by atoms with Gasteiger partial charge in [-0.05, 0) is 31.5 Å². The van der Waals surface area contributed by atoms with Gasteiger partial charge in [-0.2, -0.15) is 0 Å². The third kappa shape index (κ3) is 3.67. The van der Waals surface area contributed by atoms with Crippen LogP contribution < -0.4 is 4.74 Å². The fraction of sp³-hybridized carbons (Fsp3) is 0.529. The van der Waals surface area contributed by atoms with Crippen LogP contribution in [0.4, 0.5) is 0 Å². The van der Waals surface area contributed by atoms with Gasteiger partial charge >= 0.3 is 0 Å². The van der Waals surface area contributed by atoms with Crippen LogP contribution in [-0.4, -0.2) is 42.9 Å². The van der Waals surface area contributed by atoms with Crippen molar-refractivity contribution in [2.24, 2.45) is 0 Å². The Hall–Kier alpha value is -1.40. The van der Waals surface area contributed by atoms with E-state index in [0.717, 1.165) is 11.3 Å². The van der Waals surface area contributed by atoms with E-state index in [1.54, 1.807) is 13.2 Å². The van der Waals surface area contributed by atoms with Gasteiger partial charge in [0.15, 0.2) is 5.79 Å². The van der Waals surface area contributed by atoms with Gasteiger partial charge in [0.05, 0.1) is 26.9 Å². The Morgan fingerprint density at radius 3 is 2.50 bits per heavy atom. The first-order valence-corrected chi connectivity index (χ1v) is 7.27. The monoisotopic (exact) mass is 308 g/mol. The van der Waals surface area contributed by atoms with Crippen molar-refractivity contribution in [1.29, 1.82) is 0 Å². The fourth-order valence-corrected chi connectivity index (χ4v) is 2.49. The summed E-state index contributed by atoms with van der Waals surface area (Å²) in [6.45, 7) is 7.86. The molecule has 1 N–H and O–H groups in total. The lowest BCUT2D eigenvalue weighted by Gasteiger charge is -2.33. The standard InChI is InChI=1S/C17H24O5/c1-5-15(17(11-18)12-21-16(2,3)22-17)20-10-13-6-8-14(19-4)9-7-13/h5-9,15,18H,1,10-12H2,2-4H3/t15-,17-/m1/s1. The van der Waals surface area contributed by atoms with Gasteiger partial charge in [0, 0.05) is 0 Å². The highest BCUT2D eigenvalue weighted by atomic mass is 16.8. The number of rotatable bonds is 7. The van der Waals surface area contributed by atoms with E-state index in [0.29, 0.717) is 6.61 Å². The Labute approximate surface area is 131 Å². The molecule has 5 heteroatoms. The molecule has 1 saturated heterocycles. The van der Waals surface area contributed by atoms with E-state index < -0.39 is 17.5 Å². The number of hydrogen-bond donors (Lipinski definition) is 1. The van der Waals surface area contributed by atoms with Crippen molar-refractivity contribution in [3.8, 4) is 5.75 Å². The predicted molar refractivity (Wildman–Crippen MR) is 82.7 cm³/mol. The number of ether oxygens (including phenoxy) is 4. The molecule has 1 aliphatic heterocycles. The Kier molecular flexibility index (Phi) is 5.24. The van der Waals surface area contributed by atoms with Crippen LogP contribution in [0.5, 0.6) is 5.75 Å². The molecule has 1 fully saturated rings. The first kappa shape index (κ1) is 17.0. The van der Waals surface area contributed by atoms with Crippen molar-refractivity contribution in [2.45, 2.75) is 37.9 Å². The van der Waals surface area contributed by atoms with E-state index in [1.807, 2.05) is 38.1 Å². The zero-order chi connectivity index (χ0) is 16.2. The van der Waals surface area contributed by atoms with Crippen molar-refractivity contribution in [2.75, 3.05) is 20.3 Å². The Balaban J connectivity index is 2.03. The van der Waals surface area contributed by atoms with Gasteiger partial charge in [-0.25, -0.2) is 0 Å². The molecule has 22 heavy (non-hydrogen) atoms. The van der Waals surface area contributed by atoms with Crippen LogP contribution in [-0.2, 0) is 20.8 Å². The molecular formula is C17H24O5. The minimum atomic E-state index is -0.919. The van der Waals surface area contributed by atoms with Gasteiger partial charge in [-0.3, -0.25) is 0 Å². The zero-order valence-electron chi connectivity index (χ0n) is 13.4. The highest BCUT2D eigenvalue weighted by Crippen LogP contribution is 2.35. The summed E-state index contributed by atoms with van der Waals surface area (Å²) in [7, 11) is 1.63. The molecule has 2 rings (SSSR count). The number of aliphatic hydroxyl groups excluding tert-OH is 1. The van der Waals surface area contributed by atoms with Crippen LogP contribution in [0.3, 0.4) is 0 Å². The van der Waals surface area contributed by atoms with E-state index in [1.165, 1.54) is 0 Å². The quantitative estimate of drug-likeness (QED) is 0.783. The second kappa shape index (κ2) is 6.79. The van der Waals surface area contributed by atoms with Crippen LogP contribution in [0.15, 0.2) is 36.9 Å². The average molecular weight is 308 g/mol. The molecule has 1 aromatic carbocycles. The zero-order valence-corrected chi connectivity index (χ0v) is 13.4. The van der Waals surface area contributed by atoms with Crippen molar-refractivity contribution in [3.63, 3.8) is 0 Å². The van der Waals surface area contributed by atoms with Crippen molar-refractivity contribution in [3.05, 3.63) is 42.5 Å². The summed E-state index contributed by atoms with van der Waals surface area (Å²) in [5.74, 6) is 0.0538. The van der Waals surface area contributed by atoms with Gasteiger partial charge in [0.25, 0.3) is 0 Å². The lowest BCUT2D eigenvalue weighted by molar-refractivity contribution is -0.196. The molecule has 122 valence electrons. The Bertz CT molecular complexity index is 496. The van der Waals surface area contributed by atoms with E-state index in [-0.39, 0.29) is 13.2 Å². The number of methoxy groups -OCH3 is 1. The second-order valence-electron chi connectivity index (χ2n) is 5.83. The maximum Gasteiger partial charge on any atom is 0.164 e. The Morgan fingerprint density at radius 1 is 1.36 bits per heavy atom. The largest absolute Gasteiger partial charge is 0.497 e. The summed E-state index contributed by atoms with van der Waals surface area (Å²) in [6, 6.07) is 7.62. The molecule has 0 amide bonds. The summed E-state index contributed by atoms with van der Waals surface area (Å²) in [5, 5.41) is 9.77. The highest BCUT2D eigenvalue weighted by Gasteiger charge is 2.50. The Morgan fingerprint density at radius 2 is 2.05 bits per heavy atom. The summed E-state index contributed by atoms with van der Waals surface area (Å²) in [5.41, 5.74) is 0.0801. The molecule has 5 nitrogen and oxygen atoms in total. The van der Waals surface area contributed by atoms with Crippen molar-refractivity contribution < 1.29 is 24.1 Å². The summed E-state index contributed by atoms with van der Waals surface area (Å²) in [4.78, 5) is 0. The highest BCUT2D eigenvalue weighted by molar-refractivity contribution is 5.26. The molecule has 0 aliphatic carbocycles. The SMILES string of the molecule is C=C[C@@H](OCc1ccc(OC)cc1)[C@@]1(CO)COC(C)(C)O1. The van der Waals surface area contributed by atoms with Gasteiger partial charge < -0.3 is 24.1 Å². The first-order valence-electron chi connectivity index (χ1n) is 7.27. The molecule has 0 radical (unpaired) electrons. The van der Waals surface area contributed by atoms with Crippen LogP contribution >= 0.6 is 0 Å². The topological polar surface area (TPSA) is 57.2 Å². The predicted octanol–water partition coefficient (Wildman–Crippen LogP) is 2.28. The van der Waals surface area contributed by atoms with Crippen LogP contribution in [0.1, 0.15) is 19.4 Å². The molecule has 0 aromatic heterocycles. The normalized spacial score (nSPS) is 24.9. The lowest BCUT2D eigenvalue weighted by Crippen LogP contribution is -2.49. The molecule has 0 bridgehead atoms. The molecule has 1 aromatic rings. The minimum Gasteiger partial charge on any atom is -0.497 e. The third-order valence-corrected chi connectivity index (χ3v) is 3.70. The summed E-state index contributed by atoms with van der Waals surface area (Å²) >= 11 is 0. The third-order valence-electron chi connectivity index (χ3n) is 3.70. The van der Waals surface area contributed by atoms with Crippen molar-refractivity contribution >= 4 is 0 Å². The van der Waals surface area contributed by atoms with E-state index >= 15 is 0 Å². The van der Waals surface area contributed by atoms with Gasteiger partial charge in [-0.1, -0.05) is 18.2 Å². The lowest BCUT2D eigenvalue weighted by atomic mass is 9.98. The average Bonchev–Trinajstić information content (AvgIpc) is 2.85. The molecule has 0 unspecified atom stereocenters. The summed E-state index contributed by atoms with van der Waals surface area (Å²) in [6.07, 6.45) is 1.17. The van der Waals surface area contributed by atoms with Crippen LogP contribution in [0.25, 0.3) is 0 Å². The summed E-state index contributed by atoms with van der Waals surface area (Å²) < 4.78 is 22.5. The maximum absolute atomic E-state index is 9.77. The fourth-order valence-electron chi connectivity index (χ4n) is 2.49. The maximum atomic E-state index is 9.77. The van der Waals surface area contributed by atoms with E-state index in [4.69, 9.17) is 18.9 Å². The molecule has 1 heterocycles. The van der Waals surface area contributed by atoms with Gasteiger partial charge in [-0.15, -0.1) is 6.58 Å². The van der Waals surface area contributed by atoms with Crippen molar-refractivity contribution in [1.82, 2.24) is 0 Å².